The summed E-state index contributed by atoms with van der Waals surface area (Å²) in [7, 11) is 3.64. The first kappa shape index (κ1) is 30.1. The van der Waals surface area contributed by atoms with E-state index in [9.17, 15) is 22.8 Å². The number of likely N-dealkylation sites (N-methyl/N-ethyl adjacent to an activating group) is 1. The molecule has 9 nitrogen and oxygen atoms in total. The minimum atomic E-state index is -4.68. The van der Waals surface area contributed by atoms with E-state index in [2.05, 4.69) is 9.98 Å². The van der Waals surface area contributed by atoms with Crippen molar-refractivity contribution in [1.29, 1.82) is 0 Å². The molecule has 1 unspecified atom stereocenters. The zero-order valence-corrected chi connectivity index (χ0v) is 23.0. The summed E-state index contributed by atoms with van der Waals surface area (Å²) < 4.78 is 58.8. The summed E-state index contributed by atoms with van der Waals surface area (Å²) in [5.74, 6) is -1.01. The van der Waals surface area contributed by atoms with Gasteiger partial charge in [-0.15, -0.1) is 0 Å². The van der Waals surface area contributed by atoms with Gasteiger partial charge in [0.15, 0.2) is 4.80 Å². The number of alkyl halides is 3. The molecule has 39 heavy (non-hydrogen) atoms. The Morgan fingerprint density at radius 2 is 2.00 bits per heavy atom. The van der Waals surface area contributed by atoms with Crippen molar-refractivity contribution in [3.05, 3.63) is 52.6 Å². The Balaban J connectivity index is 1.87. The lowest BCUT2D eigenvalue weighted by Crippen LogP contribution is -2.25. The van der Waals surface area contributed by atoms with E-state index in [0.29, 0.717) is 24.0 Å². The van der Waals surface area contributed by atoms with Crippen LogP contribution < -0.4 is 9.54 Å². The minimum absolute atomic E-state index is 0.115. The van der Waals surface area contributed by atoms with Gasteiger partial charge in [0.1, 0.15) is 25.1 Å². The molecule has 0 saturated carbocycles. The molecular formula is C26H31F3N4O5S. The molecule has 0 aliphatic heterocycles. The first-order valence-electron chi connectivity index (χ1n) is 12.3. The molecule has 0 saturated heterocycles. The number of hydrogen-bond donors (Lipinski definition) is 0. The zero-order chi connectivity index (χ0) is 28.6. The Hall–Kier alpha value is -3.45. The predicted molar refractivity (Wildman–Crippen MR) is 140 cm³/mol. The molecule has 2 heterocycles. The smallest absolute Gasteiger partial charge is 0.489 e. The maximum Gasteiger partial charge on any atom is 0.508 e. The number of unbranched alkanes of at least 4 members (excludes halogenated alkanes) is 1. The van der Waals surface area contributed by atoms with E-state index in [1.165, 1.54) is 18.3 Å². The van der Waals surface area contributed by atoms with E-state index in [4.69, 9.17) is 14.2 Å². The Labute approximate surface area is 227 Å². The predicted octanol–water partition coefficient (Wildman–Crippen LogP) is 5.14. The van der Waals surface area contributed by atoms with E-state index < -0.39 is 29.9 Å². The molecule has 3 aromatic rings. The molecular weight excluding hydrogens is 537 g/mol. The second-order valence-electron chi connectivity index (χ2n) is 9.00. The molecule has 0 fully saturated rings. The fourth-order valence-corrected chi connectivity index (χ4v) is 4.45. The van der Waals surface area contributed by atoms with Gasteiger partial charge in [-0.25, -0.2) is 4.79 Å². The number of ether oxygens (including phenoxy) is 3. The third-order valence-corrected chi connectivity index (χ3v) is 6.54. The standard InChI is InChI=1S/C26H31F3N4O5S/c1-5-6-11-33-20-15-30-10-9-22(20)39-24(33)31-23(34)19-14-18(26(27,28)29)7-8-21(19)37-16-17(2)38-25(35)36-13-12-32(3)4/h7-10,14-15,17H,5-6,11-13,16H2,1-4H3. The normalized spacial score (nSPS) is 13.1. The second kappa shape index (κ2) is 13.6. The fraction of sp³-hybridized carbons (Fsp3) is 0.462. The van der Waals surface area contributed by atoms with Crippen molar-refractivity contribution in [2.45, 2.75) is 45.5 Å². The number of aromatic nitrogens is 2. The third-order valence-electron chi connectivity index (χ3n) is 5.48. The van der Waals surface area contributed by atoms with E-state index in [0.717, 1.165) is 35.2 Å². The van der Waals surface area contributed by atoms with Crippen molar-refractivity contribution in [3.63, 3.8) is 0 Å². The van der Waals surface area contributed by atoms with Crippen LogP contribution >= 0.6 is 11.3 Å². The van der Waals surface area contributed by atoms with Crippen LogP contribution in [0.2, 0.25) is 0 Å². The molecule has 2 aromatic heterocycles. The highest BCUT2D eigenvalue weighted by Crippen LogP contribution is 2.33. The van der Waals surface area contributed by atoms with Crippen molar-refractivity contribution in [1.82, 2.24) is 14.5 Å². The number of halogens is 3. The topological polar surface area (TPSA) is 95.3 Å². The highest BCUT2D eigenvalue weighted by atomic mass is 32.1. The fourth-order valence-electron chi connectivity index (χ4n) is 3.43. The van der Waals surface area contributed by atoms with Crippen molar-refractivity contribution >= 4 is 33.6 Å². The molecule has 1 aromatic carbocycles. The van der Waals surface area contributed by atoms with Crippen LogP contribution in [0.5, 0.6) is 5.75 Å². The molecule has 0 bridgehead atoms. The first-order chi connectivity index (χ1) is 18.5. The lowest BCUT2D eigenvalue weighted by molar-refractivity contribution is -0.137. The van der Waals surface area contributed by atoms with Gasteiger partial charge in [-0.2, -0.15) is 18.2 Å². The SMILES string of the molecule is CCCCn1c(=NC(=O)c2cc(C(F)(F)F)ccc2OCC(C)OC(=O)OCCN(C)C)sc2ccncc21. The highest BCUT2D eigenvalue weighted by Gasteiger charge is 2.32. The maximum absolute atomic E-state index is 13.5. The van der Waals surface area contributed by atoms with Crippen LogP contribution in [0.4, 0.5) is 18.0 Å². The van der Waals surface area contributed by atoms with Crippen LogP contribution in [-0.2, 0) is 22.2 Å². The van der Waals surface area contributed by atoms with Crippen LogP contribution in [0.3, 0.4) is 0 Å². The summed E-state index contributed by atoms with van der Waals surface area (Å²) in [6.45, 7) is 4.54. The van der Waals surface area contributed by atoms with Gasteiger partial charge in [0.05, 0.1) is 27.5 Å². The number of fused-ring (bicyclic) bond motifs is 1. The number of hydrogen-bond acceptors (Lipinski definition) is 8. The van der Waals surface area contributed by atoms with Crippen LogP contribution in [0.1, 0.15) is 42.6 Å². The molecule has 1 amide bonds. The van der Waals surface area contributed by atoms with E-state index >= 15 is 0 Å². The summed E-state index contributed by atoms with van der Waals surface area (Å²) >= 11 is 1.24. The summed E-state index contributed by atoms with van der Waals surface area (Å²) in [6.07, 6.45) is -1.38. The van der Waals surface area contributed by atoms with Crippen molar-refractivity contribution in [3.8, 4) is 5.75 Å². The Morgan fingerprint density at radius 1 is 1.23 bits per heavy atom. The highest BCUT2D eigenvalue weighted by molar-refractivity contribution is 7.16. The monoisotopic (exact) mass is 568 g/mol. The number of carbonyl (C=O) groups excluding carboxylic acids is 2. The summed E-state index contributed by atoms with van der Waals surface area (Å²) in [5, 5.41) is 0. The van der Waals surface area contributed by atoms with Crippen LogP contribution in [0.15, 0.2) is 41.7 Å². The molecule has 0 spiro atoms. The lowest BCUT2D eigenvalue weighted by atomic mass is 10.1. The summed E-state index contributed by atoms with van der Waals surface area (Å²) in [6, 6.07) is 4.39. The van der Waals surface area contributed by atoms with Gasteiger partial charge in [0.2, 0.25) is 0 Å². The van der Waals surface area contributed by atoms with Crippen LogP contribution in [-0.4, -0.2) is 66.5 Å². The average Bonchev–Trinajstić information content (AvgIpc) is 3.21. The largest absolute Gasteiger partial charge is 0.508 e. The van der Waals surface area contributed by atoms with E-state index in [-0.39, 0.29) is 24.5 Å². The molecule has 13 heteroatoms. The lowest BCUT2D eigenvalue weighted by Gasteiger charge is -2.17. The number of nitrogens with zero attached hydrogens (tertiary/aromatic N) is 4. The molecule has 3 rings (SSSR count). The first-order valence-corrected chi connectivity index (χ1v) is 13.2. The average molecular weight is 569 g/mol. The van der Waals surface area contributed by atoms with Gasteiger partial charge in [-0.1, -0.05) is 24.7 Å². The number of rotatable bonds is 11. The summed E-state index contributed by atoms with van der Waals surface area (Å²) in [4.78, 5) is 35.6. The zero-order valence-electron chi connectivity index (χ0n) is 22.2. The van der Waals surface area contributed by atoms with Gasteiger partial charge < -0.3 is 23.7 Å². The number of amides is 1. The number of aryl methyl sites for hydroxylation is 1. The van der Waals surface area contributed by atoms with Gasteiger partial charge in [-0.3, -0.25) is 9.78 Å². The molecule has 0 N–H and O–H groups in total. The van der Waals surface area contributed by atoms with Gasteiger partial charge in [0.25, 0.3) is 5.91 Å². The Morgan fingerprint density at radius 3 is 2.69 bits per heavy atom. The van der Waals surface area contributed by atoms with E-state index in [1.807, 2.05) is 30.5 Å². The van der Waals surface area contributed by atoms with E-state index in [1.54, 1.807) is 18.5 Å². The Kier molecular flexibility index (Phi) is 10.5. The Bertz CT molecular complexity index is 1350. The van der Waals surface area contributed by atoms with Gasteiger partial charge in [-0.05, 0) is 51.7 Å². The quantitative estimate of drug-likeness (QED) is 0.296. The van der Waals surface area contributed by atoms with Crippen molar-refractivity contribution < 1.29 is 37.0 Å². The molecule has 0 aliphatic carbocycles. The number of benzene rings is 1. The number of carbonyl (C=O) groups is 2. The van der Waals surface area contributed by atoms with Crippen LogP contribution in [0, 0.1) is 0 Å². The van der Waals surface area contributed by atoms with Gasteiger partial charge >= 0.3 is 12.3 Å². The van der Waals surface area contributed by atoms with Crippen molar-refractivity contribution in [2.24, 2.45) is 4.99 Å². The number of thiazole rings is 1. The minimum Gasteiger partial charge on any atom is -0.489 e. The van der Waals surface area contributed by atoms with Crippen molar-refractivity contribution in [2.75, 3.05) is 33.9 Å². The number of pyridine rings is 1. The molecule has 0 radical (unpaired) electrons. The molecule has 212 valence electrons. The second-order valence-corrected chi connectivity index (χ2v) is 10.0. The van der Waals surface area contributed by atoms with Crippen LogP contribution in [0.25, 0.3) is 10.2 Å². The maximum atomic E-state index is 13.5. The third kappa shape index (κ3) is 8.52. The molecule has 0 aliphatic rings. The van der Waals surface area contributed by atoms with Gasteiger partial charge in [0, 0.05) is 19.3 Å². The molecule has 1 atom stereocenters. The summed E-state index contributed by atoms with van der Waals surface area (Å²) in [5.41, 5.74) is -0.587.